The minimum absolute atomic E-state index is 0.0687. The normalized spacial score (nSPS) is 11.4. The maximum absolute atomic E-state index is 12.4. The Hall–Kier alpha value is -1.70. The van der Waals surface area contributed by atoms with Crippen LogP contribution in [-0.2, 0) is 21.4 Å². The molecule has 1 N–H and O–H groups in total. The molecule has 0 aliphatic rings. The number of amides is 1. The van der Waals surface area contributed by atoms with Crippen molar-refractivity contribution in [1.82, 2.24) is 9.62 Å². The van der Waals surface area contributed by atoms with E-state index < -0.39 is 10.0 Å². The van der Waals surface area contributed by atoms with Crippen LogP contribution in [0.3, 0.4) is 0 Å². The first-order valence-electron chi connectivity index (χ1n) is 8.24. The highest BCUT2D eigenvalue weighted by atomic mass is 79.9. The molecule has 140 valence electrons. The molecule has 26 heavy (non-hydrogen) atoms. The lowest BCUT2D eigenvalue weighted by Gasteiger charge is -2.18. The molecule has 0 heterocycles. The van der Waals surface area contributed by atoms with Crippen molar-refractivity contribution in [1.29, 1.82) is 0 Å². The van der Waals surface area contributed by atoms with Crippen molar-refractivity contribution in [3.05, 3.63) is 63.6 Å². The number of carbonyl (C=O) groups excluding carboxylic acids is 1. The summed E-state index contributed by atoms with van der Waals surface area (Å²) >= 11 is 3.38. The Kier molecular flexibility index (Phi) is 6.97. The third-order valence-electron chi connectivity index (χ3n) is 4.02. The Morgan fingerprint density at radius 3 is 2.42 bits per heavy atom. The van der Waals surface area contributed by atoms with Crippen molar-refractivity contribution in [2.75, 3.05) is 13.6 Å². The number of nitrogens with one attached hydrogen (secondary N) is 1. The van der Waals surface area contributed by atoms with Crippen molar-refractivity contribution >= 4 is 31.9 Å². The average molecular weight is 439 g/mol. The van der Waals surface area contributed by atoms with Gasteiger partial charge in [0.1, 0.15) is 0 Å². The van der Waals surface area contributed by atoms with Crippen LogP contribution in [0.15, 0.2) is 51.8 Å². The number of carbonyl (C=O) groups is 1. The maximum atomic E-state index is 12.4. The van der Waals surface area contributed by atoms with Crippen molar-refractivity contribution in [3.8, 4) is 0 Å². The molecule has 0 fully saturated rings. The van der Waals surface area contributed by atoms with Gasteiger partial charge in [0.25, 0.3) is 0 Å². The summed E-state index contributed by atoms with van der Waals surface area (Å²) in [6.07, 6.45) is 0.108. The molecular formula is C19H23BrN2O3S. The van der Waals surface area contributed by atoms with Crippen LogP contribution < -0.4 is 4.72 Å². The first-order chi connectivity index (χ1) is 12.2. The fourth-order valence-electron chi connectivity index (χ4n) is 2.51. The van der Waals surface area contributed by atoms with E-state index in [0.29, 0.717) is 12.1 Å². The number of benzene rings is 2. The molecule has 0 saturated carbocycles. The quantitative estimate of drug-likeness (QED) is 0.719. The van der Waals surface area contributed by atoms with Gasteiger partial charge in [-0.25, -0.2) is 13.1 Å². The van der Waals surface area contributed by atoms with Gasteiger partial charge in [-0.1, -0.05) is 40.2 Å². The van der Waals surface area contributed by atoms with Gasteiger partial charge >= 0.3 is 0 Å². The summed E-state index contributed by atoms with van der Waals surface area (Å²) in [7, 11) is -1.91. The Balaban J connectivity index is 1.90. The summed E-state index contributed by atoms with van der Waals surface area (Å²) < 4.78 is 28.4. The molecule has 7 heteroatoms. The molecule has 0 aliphatic carbocycles. The molecule has 1 amide bonds. The zero-order valence-corrected chi connectivity index (χ0v) is 17.5. The Bertz CT molecular complexity index is 880. The van der Waals surface area contributed by atoms with E-state index in [9.17, 15) is 13.2 Å². The average Bonchev–Trinajstić information content (AvgIpc) is 2.58. The summed E-state index contributed by atoms with van der Waals surface area (Å²) in [6, 6.07) is 13.0. The molecule has 2 rings (SSSR count). The fraction of sp³-hybridized carbons (Fsp3) is 0.316. The largest absolute Gasteiger partial charge is 0.341 e. The zero-order chi connectivity index (χ0) is 19.3. The van der Waals surface area contributed by atoms with Crippen molar-refractivity contribution in [2.24, 2.45) is 0 Å². The van der Waals surface area contributed by atoms with E-state index in [-0.39, 0.29) is 23.8 Å². The third-order valence-corrected chi connectivity index (χ3v) is 6.15. The number of hydrogen-bond acceptors (Lipinski definition) is 3. The van der Waals surface area contributed by atoms with Crippen LogP contribution >= 0.6 is 15.9 Å². The van der Waals surface area contributed by atoms with E-state index >= 15 is 0 Å². The lowest BCUT2D eigenvalue weighted by Crippen LogP contribution is -2.32. The predicted molar refractivity (Wildman–Crippen MR) is 106 cm³/mol. The number of nitrogens with zero attached hydrogens (tertiary/aromatic N) is 1. The van der Waals surface area contributed by atoms with Gasteiger partial charge in [-0.15, -0.1) is 0 Å². The molecule has 0 aromatic heterocycles. The fourth-order valence-corrected chi connectivity index (χ4v) is 4.13. The molecule has 2 aromatic rings. The van der Waals surface area contributed by atoms with Gasteiger partial charge in [-0.05, 0) is 48.7 Å². The van der Waals surface area contributed by atoms with Gasteiger partial charge in [-0.2, -0.15) is 0 Å². The van der Waals surface area contributed by atoms with Gasteiger partial charge in [0.15, 0.2) is 0 Å². The molecule has 0 spiro atoms. The van der Waals surface area contributed by atoms with Crippen LogP contribution in [0, 0.1) is 13.8 Å². The summed E-state index contributed by atoms with van der Waals surface area (Å²) in [5.41, 5.74) is 2.57. The standard InChI is InChI=1S/C19H23BrN2O3S/c1-14-4-5-15(2)18(12-14)26(24,25)21-11-10-19(23)22(3)13-16-6-8-17(20)9-7-16/h4-9,12,21H,10-11,13H2,1-3H3. The predicted octanol–water partition coefficient (Wildman–Crippen LogP) is 3.39. The summed E-state index contributed by atoms with van der Waals surface area (Å²) in [5, 5.41) is 0. The van der Waals surface area contributed by atoms with E-state index in [1.807, 2.05) is 37.3 Å². The third kappa shape index (κ3) is 5.65. The highest BCUT2D eigenvalue weighted by molar-refractivity contribution is 9.10. The van der Waals surface area contributed by atoms with Crippen molar-refractivity contribution in [3.63, 3.8) is 0 Å². The number of rotatable bonds is 7. The molecular weight excluding hydrogens is 416 g/mol. The molecule has 5 nitrogen and oxygen atoms in total. The van der Waals surface area contributed by atoms with Gasteiger partial charge in [0.05, 0.1) is 4.90 Å². The van der Waals surface area contributed by atoms with Crippen LogP contribution in [0.4, 0.5) is 0 Å². The van der Waals surface area contributed by atoms with Crippen LogP contribution in [-0.4, -0.2) is 32.8 Å². The van der Waals surface area contributed by atoms with E-state index in [4.69, 9.17) is 0 Å². The Morgan fingerprint density at radius 1 is 1.12 bits per heavy atom. The van der Waals surface area contributed by atoms with Gasteiger partial charge in [0, 0.05) is 31.0 Å². The lowest BCUT2D eigenvalue weighted by atomic mass is 10.2. The first-order valence-corrected chi connectivity index (χ1v) is 10.5. The Morgan fingerprint density at radius 2 is 1.77 bits per heavy atom. The second-order valence-corrected chi connectivity index (χ2v) is 8.94. The lowest BCUT2D eigenvalue weighted by molar-refractivity contribution is -0.130. The van der Waals surface area contributed by atoms with Crippen molar-refractivity contribution in [2.45, 2.75) is 31.7 Å². The minimum Gasteiger partial charge on any atom is -0.341 e. The second-order valence-electron chi connectivity index (χ2n) is 6.29. The highest BCUT2D eigenvalue weighted by Crippen LogP contribution is 2.16. The number of sulfonamides is 1. The van der Waals surface area contributed by atoms with Gasteiger partial charge in [-0.3, -0.25) is 4.79 Å². The van der Waals surface area contributed by atoms with Crippen molar-refractivity contribution < 1.29 is 13.2 Å². The zero-order valence-electron chi connectivity index (χ0n) is 15.1. The molecule has 0 bridgehead atoms. The van der Waals surface area contributed by atoms with Crippen LogP contribution in [0.1, 0.15) is 23.1 Å². The smallest absolute Gasteiger partial charge is 0.240 e. The number of halogens is 1. The second kappa shape index (κ2) is 8.79. The molecule has 0 aliphatic heterocycles. The summed E-state index contributed by atoms with van der Waals surface area (Å²) in [6.45, 7) is 4.15. The molecule has 2 aromatic carbocycles. The van der Waals surface area contributed by atoms with E-state index in [2.05, 4.69) is 20.7 Å². The topological polar surface area (TPSA) is 66.5 Å². The minimum atomic E-state index is -3.62. The van der Waals surface area contributed by atoms with Crippen LogP contribution in [0.2, 0.25) is 0 Å². The first kappa shape index (κ1) is 20.6. The Labute approximate surface area is 163 Å². The van der Waals surface area contributed by atoms with Crippen LogP contribution in [0.5, 0.6) is 0 Å². The number of hydrogen-bond donors (Lipinski definition) is 1. The summed E-state index contributed by atoms with van der Waals surface area (Å²) in [4.78, 5) is 14.1. The van der Waals surface area contributed by atoms with Gasteiger partial charge in [0.2, 0.25) is 15.9 Å². The molecule has 0 saturated heterocycles. The summed E-state index contributed by atoms with van der Waals surface area (Å²) in [5.74, 6) is -0.114. The van der Waals surface area contributed by atoms with Gasteiger partial charge < -0.3 is 4.90 Å². The molecule has 0 atom stereocenters. The SMILES string of the molecule is Cc1ccc(C)c(S(=O)(=O)NCCC(=O)N(C)Cc2ccc(Br)cc2)c1. The monoisotopic (exact) mass is 438 g/mol. The van der Waals surface area contributed by atoms with E-state index in [0.717, 1.165) is 15.6 Å². The molecule has 0 radical (unpaired) electrons. The van der Waals surface area contributed by atoms with E-state index in [1.165, 1.54) is 0 Å². The van der Waals surface area contributed by atoms with Crippen LogP contribution in [0.25, 0.3) is 0 Å². The number of aryl methyl sites for hydroxylation is 2. The molecule has 0 unspecified atom stereocenters. The van der Waals surface area contributed by atoms with E-state index in [1.54, 1.807) is 31.0 Å². The maximum Gasteiger partial charge on any atom is 0.240 e. The highest BCUT2D eigenvalue weighted by Gasteiger charge is 2.17.